The molecule has 5 heteroatoms. The van der Waals surface area contributed by atoms with E-state index < -0.39 is 17.8 Å². The molecule has 0 spiro atoms. The lowest BCUT2D eigenvalue weighted by molar-refractivity contribution is -0.146. The van der Waals surface area contributed by atoms with E-state index >= 15 is 0 Å². The van der Waals surface area contributed by atoms with Crippen LogP contribution < -0.4 is 10.1 Å². The lowest BCUT2D eigenvalue weighted by Gasteiger charge is -2.21. The third-order valence-electron chi connectivity index (χ3n) is 3.52. The highest BCUT2D eigenvalue weighted by molar-refractivity contribution is 5.84. The Bertz CT molecular complexity index is 487. The van der Waals surface area contributed by atoms with E-state index in [0.29, 0.717) is 5.75 Å². The zero-order valence-electron chi connectivity index (χ0n) is 12.2. The van der Waals surface area contributed by atoms with Gasteiger partial charge in [-0.3, -0.25) is 9.59 Å². The number of nitrogens with one attached hydrogen (secondary N) is 1. The fourth-order valence-electron chi connectivity index (χ4n) is 1.89. The van der Waals surface area contributed by atoms with E-state index in [0.717, 1.165) is 5.56 Å². The maximum Gasteiger partial charge on any atom is 0.307 e. The molecule has 1 amide bonds. The Balaban J connectivity index is 2.77. The molecule has 3 atom stereocenters. The van der Waals surface area contributed by atoms with Crippen LogP contribution in [0.1, 0.15) is 32.4 Å². The predicted molar refractivity (Wildman–Crippen MR) is 75.5 cm³/mol. The summed E-state index contributed by atoms with van der Waals surface area (Å²) in [5.74, 6) is -1.88. The Labute approximate surface area is 118 Å². The van der Waals surface area contributed by atoms with Crippen LogP contribution in [0.5, 0.6) is 5.75 Å². The van der Waals surface area contributed by atoms with Crippen molar-refractivity contribution >= 4 is 11.9 Å². The average Bonchev–Trinajstić information content (AvgIpc) is 2.45. The molecular formula is C15H21NO4. The van der Waals surface area contributed by atoms with Crippen LogP contribution in [0.25, 0.3) is 0 Å². The molecule has 110 valence electrons. The highest BCUT2D eigenvalue weighted by atomic mass is 16.5. The van der Waals surface area contributed by atoms with Crippen LogP contribution in [-0.2, 0) is 9.59 Å². The third-order valence-corrected chi connectivity index (χ3v) is 3.52. The van der Waals surface area contributed by atoms with E-state index in [1.807, 2.05) is 31.2 Å². The molecule has 1 aromatic carbocycles. The van der Waals surface area contributed by atoms with Gasteiger partial charge in [0.05, 0.1) is 19.1 Å². The SMILES string of the molecule is COc1ccccc1[C@H](C)NC(=O)C(C)C(C)C(=O)O. The summed E-state index contributed by atoms with van der Waals surface area (Å²) in [5.41, 5.74) is 0.860. The van der Waals surface area contributed by atoms with Gasteiger partial charge in [0.1, 0.15) is 5.75 Å². The molecule has 0 aliphatic heterocycles. The number of carboxylic acids is 1. The molecule has 0 aliphatic rings. The molecule has 2 unspecified atom stereocenters. The van der Waals surface area contributed by atoms with Crippen molar-refractivity contribution in [3.63, 3.8) is 0 Å². The third kappa shape index (κ3) is 3.73. The predicted octanol–water partition coefficient (Wildman–Crippen LogP) is 2.23. The number of benzene rings is 1. The normalized spacial score (nSPS) is 15.0. The molecule has 0 aliphatic carbocycles. The summed E-state index contributed by atoms with van der Waals surface area (Å²) in [4.78, 5) is 23.0. The first kappa shape index (κ1) is 16.0. The number of carbonyl (C=O) groups excluding carboxylic acids is 1. The monoisotopic (exact) mass is 279 g/mol. The summed E-state index contributed by atoms with van der Waals surface area (Å²) in [5, 5.41) is 11.8. The molecule has 0 radical (unpaired) electrons. The highest BCUT2D eigenvalue weighted by Gasteiger charge is 2.27. The van der Waals surface area contributed by atoms with Gasteiger partial charge >= 0.3 is 5.97 Å². The second-order valence-electron chi connectivity index (χ2n) is 4.89. The zero-order chi connectivity index (χ0) is 15.3. The standard InChI is InChI=1S/C15H21NO4/c1-9(10(2)15(18)19)14(17)16-11(3)12-7-5-6-8-13(12)20-4/h5-11H,1-4H3,(H,16,17)(H,18,19)/t9?,10?,11-/m0/s1. The van der Waals surface area contributed by atoms with Gasteiger partial charge in [0.15, 0.2) is 0 Å². The quantitative estimate of drug-likeness (QED) is 0.837. The fraction of sp³-hybridized carbons (Fsp3) is 0.467. The molecule has 0 saturated heterocycles. The zero-order valence-corrected chi connectivity index (χ0v) is 12.2. The van der Waals surface area contributed by atoms with E-state index in [-0.39, 0.29) is 11.9 Å². The molecule has 2 N–H and O–H groups in total. The minimum Gasteiger partial charge on any atom is -0.496 e. The molecule has 0 bridgehead atoms. The second-order valence-corrected chi connectivity index (χ2v) is 4.89. The number of ether oxygens (including phenoxy) is 1. The van der Waals surface area contributed by atoms with Crippen molar-refractivity contribution in [2.24, 2.45) is 11.8 Å². The van der Waals surface area contributed by atoms with Crippen LogP contribution >= 0.6 is 0 Å². The van der Waals surface area contributed by atoms with Crippen molar-refractivity contribution < 1.29 is 19.4 Å². The van der Waals surface area contributed by atoms with Crippen LogP contribution in [0.4, 0.5) is 0 Å². The van der Waals surface area contributed by atoms with E-state index in [9.17, 15) is 9.59 Å². The summed E-state index contributed by atoms with van der Waals surface area (Å²) in [6, 6.07) is 7.16. The first-order chi connectivity index (χ1) is 9.38. The summed E-state index contributed by atoms with van der Waals surface area (Å²) in [7, 11) is 1.57. The Morgan fingerprint density at radius 1 is 1.15 bits per heavy atom. The molecule has 5 nitrogen and oxygen atoms in total. The van der Waals surface area contributed by atoms with Gasteiger partial charge in [-0.1, -0.05) is 32.0 Å². The molecule has 0 fully saturated rings. The van der Waals surface area contributed by atoms with Crippen LogP contribution in [-0.4, -0.2) is 24.1 Å². The van der Waals surface area contributed by atoms with Crippen LogP contribution in [0.2, 0.25) is 0 Å². The van der Waals surface area contributed by atoms with E-state index in [1.165, 1.54) is 6.92 Å². The van der Waals surface area contributed by atoms with E-state index in [2.05, 4.69) is 5.32 Å². The first-order valence-corrected chi connectivity index (χ1v) is 6.54. The minimum atomic E-state index is -0.974. The van der Waals surface area contributed by atoms with Crippen molar-refractivity contribution in [3.05, 3.63) is 29.8 Å². The van der Waals surface area contributed by atoms with Crippen LogP contribution in [0.3, 0.4) is 0 Å². The van der Waals surface area contributed by atoms with Crippen LogP contribution in [0, 0.1) is 11.8 Å². The van der Waals surface area contributed by atoms with Gasteiger partial charge in [0.25, 0.3) is 0 Å². The number of methoxy groups -OCH3 is 1. The molecule has 0 aromatic heterocycles. The molecule has 1 rings (SSSR count). The van der Waals surface area contributed by atoms with Gasteiger partial charge in [-0.15, -0.1) is 0 Å². The number of carboxylic acid groups (broad SMARTS) is 1. The van der Waals surface area contributed by atoms with Gasteiger partial charge in [0, 0.05) is 11.5 Å². The maximum absolute atomic E-state index is 12.1. The lowest BCUT2D eigenvalue weighted by Crippen LogP contribution is -2.36. The van der Waals surface area contributed by atoms with Gasteiger partial charge in [-0.05, 0) is 13.0 Å². The number of aliphatic carboxylic acids is 1. The van der Waals surface area contributed by atoms with Gasteiger partial charge in [-0.2, -0.15) is 0 Å². The Morgan fingerprint density at radius 3 is 2.30 bits per heavy atom. The van der Waals surface area contributed by atoms with Crippen molar-refractivity contribution in [3.8, 4) is 5.75 Å². The maximum atomic E-state index is 12.1. The van der Waals surface area contributed by atoms with Gasteiger partial charge in [0.2, 0.25) is 5.91 Å². The summed E-state index contributed by atoms with van der Waals surface area (Å²) < 4.78 is 5.25. The summed E-state index contributed by atoms with van der Waals surface area (Å²) in [6.07, 6.45) is 0. The second kappa shape index (κ2) is 6.93. The Hall–Kier alpha value is -2.04. The average molecular weight is 279 g/mol. The number of hydrogen-bond acceptors (Lipinski definition) is 3. The lowest BCUT2D eigenvalue weighted by atomic mass is 9.94. The smallest absolute Gasteiger partial charge is 0.307 e. The molecule has 1 aromatic rings. The molecule has 0 heterocycles. The van der Waals surface area contributed by atoms with Crippen molar-refractivity contribution in [2.75, 3.05) is 7.11 Å². The molecule has 20 heavy (non-hydrogen) atoms. The van der Waals surface area contributed by atoms with E-state index in [4.69, 9.17) is 9.84 Å². The first-order valence-electron chi connectivity index (χ1n) is 6.54. The molecular weight excluding hydrogens is 258 g/mol. The minimum absolute atomic E-state index is 0.248. The summed E-state index contributed by atoms with van der Waals surface area (Å²) >= 11 is 0. The van der Waals surface area contributed by atoms with Crippen molar-refractivity contribution in [1.82, 2.24) is 5.32 Å². The van der Waals surface area contributed by atoms with E-state index in [1.54, 1.807) is 14.0 Å². The number of amides is 1. The Morgan fingerprint density at radius 2 is 1.75 bits per heavy atom. The van der Waals surface area contributed by atoms with Crippen LogP contribution in [0.15, 0.2) is 24.3 Å². The highest BCUT2D eigenvalue weighted by Crippen LogP contribution is 2.25. The molecule has 0 saturated carbocycles. The largest absolute Gasteiger partial charge is 0.496 e. The fourth-order valence-corrected chi connectivity index (χ4v) is 1.89. The number of carbonyl (C=O) groups is 2. The summed E-state index contributed by atoms with van der Waals surface area (Å²) in [6.45, 7) is 4.98. The van der Waals surface area contributed by atoms with Crippen molar-refractivity contribution in [2.45, 2.75) is 26.8 Å². The topological polar surface area (TPSA) is 75.6 Å². The van der Waals surface area contributed by atoms with Gasteiger partial charge < -0.3 is 15.2 Å². The van der Waals surface area contributed by atoms with Gasteiger partial charge in [-0.25, -0.2) is 0 Å². The van der Waals surface area contributed by atoms with Crippen molar-refractivity contribution in [1.29, 1.82) is 0 Å². The Kier molecular flexibility index (Phi) is 5.55. The number of para-hydroxylation sites is 1. The number of rotatable bonds is 6. The number of hydrogen-bond donors (Lipinski definition) is 2.